The van der Waals surface area contributed by atoms with Gasteiger partial charge in [-0.3, -0.25) is 4.72 Å². The first-order valence-corrected chi connectivity index (χ1v) is 6.83. The van der Waals surface area contributed by atoms with Gasteiger partial charge in [-0.1, -0.05) is 19.1 Å². The minimum absolute atomic E-state index is 0.0551. The van der Waals surface area contributed by atoms with Crippen molar-refractivity contribution in [3.63, 3.8) is 0 Å². The molecule has 0 aliphatic rings. The van der Waals surface area contributed by atoms with Gasteiger partial charge in [0.2, 0.25) is 10.0 Å². The largest absolute Gasteiger partial charge is 0.477 e. The monoisotopic (exact) mass is 254 g/mol. The Kier molecular flexibility index (Phi) is 4.79. The van der Waals surface area contributed by atoms with E-state index in [4.69, 9.17) is 10.00 Å². The van der Waals surface area contributed by atoms with E-state index in [-0.39, 0.29) is 12.4 Å². The summed E-state index contributed by atoms with van der Waals surface area (Å²) in [5, 5.41) is 8.42. The highest BCUT2D eigenvalue weighted by molar-refractivity contribution is 7.92. The number of nitrogens with zero attached hydrogens (tertiary/aromatic N) is 1. The second-order valence-electron chi connectivity index (χ2n) is 3.36. The second-order valence-corrected chi connectivity index (χ2v) is 5.21. The predicted molar refractivity (Wildman–Crippen MR) is 65.3 cm³/mol. The van der Waals surface area contributed by atoms with E-state index in [2.05, 4.69) is 4.72 Å². The highest BCUT2D eigenvalue weighted by Gasteiger charge is 2.11. The van der Waals surface area contributed by atoms with Crippen molar-refractivity contribution in [2.24, 2.45) is 0 Å². The SMILES string of the molecule is CCCS(=O)(=O)Nc1ccccc1OCC#N. The van der Waals surface area contributed by atoms with Gasteiger partial charge in [0.05, 0.1) is 11.4 Å². The molecule has 0 amide bonds. The van der Waals surface area contributed by atoms with Gasteiger partial charge in [-0.15, -0.1) is 0 Å². The number of hydrogen-bond acceptors (Lipinski definition) is 4. The van der Waals surface area contributed by atoms with Gasteiger partial charge in [0.15, 0.2) is 6.61 Å². The molecule has 0 aliphatic carbocycles. The van der Waals surface area contributed by atoms with Crippen LogP contribution in [0.3, 0.4) is 0 Å². The smallest absolute Gasteiger partial charge is 0.232 e. The molecular weight excluding hydrogens is 240 g/mol. The van der Waals surface area contributed by atoms with Crippen molar-refractivity contribution >= 4 is 15.7 Å². The first kappa shape index (κ1) is 13.3. The number of nitrogens with one attached hydrogen (secondary N) is 1. The van der Waals surface area contributed by atoms with Crippen molar-refractivity contribution in [1.29, 1.82) is 5.26 Å². The lowest BCUT2D eigenvalue weighted by molar-refractivity contribution is 0.370. The highest BCUT2D eigenvalue weighted by atomic mass is 32.2. The number of rotatable bonds is 6. The summed E-state index contributed by atoms with van der Waals surface area (Å²) in [6.07, 6.45) is 0.538. The molecule has 0 spiro atoms. The maximum absolute atomic E-state index is 11.6. The lowest BCUT2D eigenvalue weighted by Crippen LogP contribution is -2.16. The Morgan fingerprint density at radius 1 is 1.41 bits per heavy atom. The normalized spacial score (nSPS) is 10.6. The number of ether oxygens (including phenoxy) is 1. The fourth-order valence-corrected chi connectivity index (χ4v) is 2.42. The van der Waals surface area contributed by atoms with E-state index in [1.165, 1.54) is 0 Å². The molecule has 0 atom stereocenters. The number of nitriles is 1. The van der Waals surface area contributed by atoms with E-state index in [1.807, 2.05) is 6.07 Å². The Bertz CT molecular complexity index is 506. The standard InChI is InChI=1S/C11H14N2O3S/c1-2-9-17(14,15)13-10-5-3-4-6-11(10)16-8-7-12/h3-6,13H,2,8-9H2,1H3. The van der Waals surface area contributed by atoms with Gasteiger partial charge in [-0.05, 0) is 18.6 Å². The molecule has 0 saturated heterocycles. The Morgan fingerprint density at radius 3 is 2.76 bits per heavy atom. The maximum atomic E-state index is 11.6. The molecule has 0 heterocycles. The molecule has 0 aromatic heterocycles. The van der Waals surface area contributed by atoms with Gasteiger partial charge in [-0.25, -0.2) is 8.42 Å². The third-order valence-electron chi connectivity index (χ3n) is 1.92. The molecule has 0 aliphatic heterocycles. The van der Waals surface area contributed by atoms with Crippen LogP contribution < -0.4 is 9.46 Å². The second kappa shape index (κ2) is 6.11. The molecule has 1 N–H and O–H groups in total. The zero-order chi connectivity index (χ0) is 12.7. The summed E-state index contributed by atoms with van der Waals surface area (Å²) in [5.41, 5.74) is 0.358. The molecule has 0 bridgehead atoms. The number of anilines is 1. The molecule has 6 heteroatoms. The average molecular weight is 254 g/mol. The summed E-state index contributed by atoms with van der Waals surface area (Å²) in [6, 6.07) is 8.45. The summed E-state index contributed by atoms with van der Waals surface area (Å²) in [6.45, 7) is 1.67. The molecule has 92 valence electrons. The Hall–Kier alpha value is -1.74. The fourth-order valence-electron chi connectivity index (χ4n) is 1.27. The van der Waals surface area contributed by atoms with Gasteiger partial charge in [0.25, 0.3) is 0 Å². The van der Waals surface area contributed by atoms with Crippen LogP contribution in [0.5, 0.6) is 5.75 Å². The van der Waals surface area contributed by atoms with Crippen LogP contribution in [0.2, 0.25) is 0 Å². The van der Waals surface area contributed by atoms with Crippen molar-refractivity contribution in [1.82, 2.24) is 0 Å². The summed E-state index contributed by atoms with van der Waals surface area (Å²) < 4.78 is 30.7. The molecular formula is C11H14N2O3S. The van der Waals surface area contributed by atoms with Crippen molar-refractivity contribution < 1.29 is 13.2 Å². The van der Waals surface area contributed by atoms with Crippen LogP contribution in [-0.2, 0) is 10.0 Å². The van der Waals surface area contributed by atoms with Crippen LogP contribution in [0.15, 0.2) is 24.3 Å². The number of benzene rings is 1. The van der Waals surface area contributed by atoms with Crippen molar-refractivity contribution in [3.05, 3.63) is 24.3 Å². The highest BCUT2D eigenvalue weighted by Crippen LogP contribution is 2.24. The number of para-hydroxylation sites is 2. The van der Waals surface area contributed by atoms with Crippen molar-refractivity contribution in [3.8, 4) is 11.8 Å². The van der Waals surface area contributed by atoms with Gasteiger partial charge in [-0.2, -0.15) is 5.26 Å². The molecule has 0 radical (unpaired) electrons. The average Bonchev–Trinajstić information content (AvgIpc) is 2.27. The van der Waals surface area contributed by atoms with E-state index in [0.717, 1.165) is 0 Å². The molecule has 5 nitrogen and oxygen atoms in total. The van der Waals surface area contributed by atoms with Crippen LogP contribution in [-0.4, -0.2) is 20.8 Å². The van der Waals surface area contributed by atoms with E-state index in [9.17, 15) is 8.42 Å². The van der Waals surface area contributed by atoms with Crippen LogP contribution in [0.25, 0.3) is 0 Å². The summed E-state index contributed by atoms with van der Waals surface area (Å²) >= 11 is 0. The molecule has 17 heavy (non-hydrogen) atoms. The van der Waals surface area contributed by atoms with Crippen LogP contribution >= 0.6 is 0 Å². The molecule has 1 rings (SSSR count). The van der Waals surface area contributed by atoms with Gasteiger partial charge in [0.1, 0.15) is 11.8 Å². The topological polar surface area (TPSA) is 79.2 Å². The van der Waals surface area contributed by atoms with E-state index < -0.39 is 10.0 Å². The number of sulfonamides is 1. The van der Waals surface area contributed by atoms with E-state index in [1.54, 1.807) is 31.2 Å². The molecule has 0 unspecified atom stereocenters. The maximum Gasteiger partial charge on any atom is 0.232 e. The quantitative estimate of drug-likeness (QED) is 0.838. The third kappa shape index (κ3) is 4.33. The van der Waals surface area contributed by atoms with Gasteiger partial charge >= 0.3 is 0 Å². The van der Waals surface area contributed by atoms with Crippen molar-refractivity contribution in [2.75, 3.05) is 17.1 Å². The summed E-state index contributed by atoms with van der Waals surface area (Å²) in [7, 11) is -3.35. The number of hydrogen-bond donors (Lipinski definition) is 1. The van der Waals surface area contributed by atoms with E-state index in [0.29, 0.717) is 17.9 Å². The van der Waals surface area contributed by atoms with Crippen LogP contribution in [0.1, 0.15) is 13.3 Å². The first-order chi connectivity index (χ1) is 8.09. The molecule has 0 fully saturated rings. The summed E-state index contributed by atoms with van der Waals surface area (Å²) in [5.74, 6) is 0.410. The fraction of sp³-hybridized carbons (Fsp3) is 0.364. The van der Waals surface area contributed by atoms with Gasteiger partial charge in [0, 0.05) is 0 Å². The molecule has 0 saturated carbocycles. The van der Waals surface area contributed by atoms with Crippen molar-refractivity contribution in [2.45, 2.75) is 13.3 Å². The Labute approximate surface area is 101 Å². The Balaban J connectivity index is 2.87. The lowest BCUT2D eigenvalue weighted by Gasteiger charge is -2.11. The predicted octanol–water partition coefficient (Wildman–Crippen LogP) is 1.74. The Morgan fingerprint density at radius 2 is 2.12 bits per heavy atom. The van der Waals surface area contributed by atoms with Crippen LogP contribution in [0, 0.1) is 11.3 Å². The summed E-state index contributed by atoms with van der Waals surface area (Å²) in [4.78, 5) is 0. The minimum Gasteiger partial charge on any atom is -0.477 e. The zero-order valence-electron chi connectivity index (χ0n) is 9.51. The third-order valence-corrected chi connectivity index (χ3v) is 3.39. The zero-order valence-corrected chi connectivity index (χ0v) is 10.3. The minimum atomic E-state index is -3.35. The van der Waals surface area contributed by atoms with E-state index >= 15 is 0 Å². The van der Waals surface area contributed by atoms with Crippen LogP contribution in [0.4, 0.5) is 5.69 Å². The lowest BCUT2D eigenvalue weighted by atomic mass is 10.3. The molecule has 1 aromatic carbocycles. The van der Waals surface area contributed by atoms with Gasteiger partial charge < -0.3 is 4.74 Å². The molecule has 1 aromatic rings. The first-order valence-electron chi connectivity index (χ1n) is 5.18.